The first-order chi connectivity index (χ1) is 11.2. The Morgan fingerprint density at radius 3 is 2.52 bits per heavy atom. The Hall–Kier alpha value is -1.99. The molecule has 23 heavy (non-hydrogen) atoms. The van der Waals surface area contributed by atoms with E-state index in [-0.39, 0.29) is 25.3 Å². The average molecular weight is 321 g/mol. The van der Waals surface area contributed by atoms with E-state index in [0.717, 1.165) is 6.42 Å². The maximum Gasteiger partial charge on any atom is 0.340 e. The van der Waals surface area contributed by atoms with Crippen LogP contribution >= 0.6 is 0 Å². The number of ether oxygens (including phenoxy) is 4. The van der Waals surface area contributed by atoms with E-state index in [2.05, 4.69) is 4.98 Å². The molecule has 3 heterocycles. The summed E-state index contributed by atoms with van der Waals surface area (Å²) in [6.45, 7) is 2.39. The van der Waals surface area contributed by atoms with Crippen molar-refractivity contribution in [2.45, 2.75) is 44.2 Å². The van der Waals surface area contributed by atoms with Gasteiger partial charge in [-0.2, -0.15) is 0 Å². The highest BCUT2D eigenvalue weighted by atomic mass is 16.7. The molecule has 7 nitrogen and oxygen atoms in total. The number of fused-ring (bicyclic) bond motifs is 1. The molecule has 4 atom stereocenters. The van der Waals surface area contributed by atoms with Crippen molar-refractivity contribution in [1.82, 2.24) is 4.98 Å². The maximum absolute atomic E-state index is 12.1. The highest BCUT2D eigenvalue weighted by molar-refractivity contribution is 5.89. The summed E-state index contributed by atoms with van der Waals surface area (Å²) >= 11 is 0. The number of rotatable bonds is 5. The zero-order chi connectivity index (χ0) is 16.2. The van der Waals surface area contributed by atoms with Gasteiger partial charge in [0.2, 0.25) is 0 Å². The molecule has 0 spiro atoms. The minimum absolute atomic E-state index is 0.225. The number of pyridine rings is 1. The average Bonchev–Trinajstić information content (AvgIpc) is 3.12. The monoisotopic (exact) mass is 321 g/mol. The lowest BCUT2D eigenvalue weighted by molar-refractivity contribution is -0.153. The van der Waals surface area contributed by atoms with Crippen molar-refractivity contribution in [1.29, 1.82) is 0 Å². The Kier molecular flexibility index (Phi) is 4.88. The fourth-order valence-corrected chi connectivity index (χ4v) is 2.75. The normalized spacial score (nSPS) is 29.1. The highest BCUT2D eigenvalue weighted by Gasteiger charge is 2.51. The van der Waals surface area contributed by atoms with Gasteiger partial charge in [-0.25, -0.2) is 4.79 Å². The van der Waals surface area contributed by atoms with E-state index < -0.39 is 24.3 Å². The molecule has 0 radical (unpaired) electrons. The van der Waals surface area contributed by atoms with E-state index in [1.165, 1.54) is 6.20 Å². The van der Waals surface area contributed by atoms with Crippen LogP contribution in [0.15, 0.2) is 24.5 Å². The number of hydrogen-bond acceptors (Lipinski definition) is 7. The van der Waals surface area contributed by atoms with Crippen molar-refractivity contribution in [2.24, 2.45) is 0 Å². The van der Waals surface area contributed by atoms with Gasteiger partial charge in [0, 0.05) is 18.8 Å². The smallest absolute Gasteiger partial charge is 0.340 e. The molecule has 2 aliphatic rings. The van der Waals surface area contributed by atoms with Crippen LogP contribution in [0.1, 0.15) is 30.1 Å². The molecule has 7 heteroatoms. The van der Waals surface area contributed by atoms with Crippen LogP contribution in [0.4, 0.5) is 0 Å². The third-order valence-electron chi connectivity index (χ3n) is 3.86. The number of carbonyl (C=O) groups excluding carboxylic acids is 2. The van der Waals surface area contributed by atoms with E-state index in [9.17, 15) is 9.59 Å². The second-order valence-electron chi connectivity index (χ2n) is 5.56. The summed E-state index contributed by atoms with van der Waals surface area (Å²) in [4.78, 5) is 27.6. The molecule has 0 aromatic carbocycles. The number of aromatic nitrogens is 1. The first-order valence-corrected chi connectivity index (χ1v) is 7.72. The van der Waals surface area contributed by atoms with Gasteiger partial charge in [0.15, 0.2) is 12.2 Å². The standard InChI is InChI=1S/C16H19NO6/c1-2-4-13(18)22-11-8-20-15-12(9-21-14(11)15)23-16(19)10-5-3-6-17-7-10/h3,5-7,11-12,14-15H,2,4,8-9H2,1H3/t11-,12+,14+,15+/m0/s1. The van der Waals surface area contributed by atoms with Gasteiger partial charge in [0.1, 0.15) is 12.2 Å². The summed E-state index contributed by atoms with van der Waals surface area (Å²) in [5.41, 5.74) is 0.375. The fraction of sp³-hybridized carbons (Fsp3) is 0.562. The Morgan fingerprint density at radius 2 is 1.91 bits per heavy atom. The Labute approximate surface area is 133 Å². The number of nitrogens with zero attached hydrogens (tertiary/aromatic N) is 1. The van der Waals surface area contributed by atoms with Gasteiger partial charge in [-0.1, -0.05) is 6.92 Å². The summed E-state index contributed by atoms with van der Waals surface area (Å²) in [5, 5.41) is 0. The lowest BCUT2D eigenvalue weighted by atomic mass is 10.1. The second kappa shape index (κ2) is 7.06. The van der Waals surface area contributed by atoms with Gasteiger partial charge in [-0.3, -0.25) is 9.78 Å². The topological polar surface area (TPSA) is 84.0 Å². The van der Waals surface area contributed by atoms with Crippen molar-refractivity contribution in [3.8, 4) is 0 Å². The summed E-state index contributed by atoms with van der Waals surface area (Å²) in [6.07, 6.45) is 2.38. The molecule has 0 N–H and O–H groups in total. The van der Waals surface area contributed by atoms with Crippen molar-refractivity contribution in [3.63, 3.8) is 0 Å². The van der Waals surface area contributed by atoms with Crippen LogP contribution in [0.3, 0.4) is 0 Å². The second-order valence-corrected chi connectivity index (χ2v) is 5.56. The fourth-order valence-electron chi connectivity index (χ4n) is 2.75. The molecule has 124 valence electrons. The van der Waals surface area contributed by atoms with Crippen molar-refractivity contribution in [2.75, 3.05) is 13.2 Å². The number of hydrogen-bond donors (Lipinski definition) is 0. The van der Waals surface area contributed by atoms with Gasteiger partial charge in [-0.15, -0.1) is 0 Å². The van der Waals surface area contributed by atoms with E-state index in [4.69, 9.17) is 18.9 Å². The predicted molar refractivity (Wildman–Crippen MR) is 77.7 cm³/mol. The van der Waals surface area contributed by atoms with Crippen molar-refractivity contribution < 1.29 is 28.5 Å². The first kappa shape index (κ1) is 15.9. The van der Waals surface area contributed by atoms with Crippen LogP contribution in [0.25, 0.3) is 0 Å². The molecular formula is C16H19NO6. The Bertz CT molecular complexity index is 563. The van der Waals surface area contributed by atoms with Gasteiger partial charge in [0.05, 0.1) is 18.8 Å². The molecule has 3 rings (SSSR count). The molecule has 1 aromatic heterocycles. The van der Waals surface area contributed by atoms with Crippen LogP contribution in [0.2, 0.25) is 0 Å². The Morgan fingerprint density at radius 1 is 1.22 bits per heavy atom. The van der Waals surface area contributed by atoms with E-state index in [1.807, 2.05) is 6.92 Å². The molecule has 2 saturated heterocycles. The minimum Gasteiger partial charge on any atom is -0.457 e. The van der Waals surface area contributed by atoms with Gasteiger partial charge < -0.3 is 18.9 Å². The van der Waals surface area contributed by atoms with E-state index in [0.29, 0.717) is 12.0 Å². The lowest BCUT2D eigenvalue weighted by Crippen LogP contribution is -2.36. The quantitative estimate of drug-likeness (QED) is 0.751. The zero-order valence-electron chi connectivity index (χ0n) is 12.8. The van der Waals surface area contributed by atoms with E-state index >= 15 is 0 Å². The predicted octanol–water partition coefficient (Wildman–Crippen LogP) is 1.12. The van der Waals surface area contributed by atoms with Gasteiger partial charge in [0.25, 0.3) is 0 Å². The Balaban J connectivity index is 1.57. The van der Waals surface area contributed by atoms with Gasteiger partial charge >= 0.3 is 11.9 Å². The number of carbonyl (C=O) groups is 2. The summed E-state index contributed by atoms with van der Waals surface area (Å²) in [5.74, 6) is -0.733. The third kappa shape index (κ3) is 3.51. The van der Waals surface area contributed by atoms with Gasteiger partial charge in [-0.05, 0) is 18.6 Å². The lowest BCUT2D eigenvalue weighted by Gasteiger charge is -2.17. The molecule has 0 unspecified atom stereocenters. The van der Waals surface area contributed by atoms with Crippen LogP contribution in [-0.2, 0) is 23.7 Å². The molecule has 2 aliphatic heterocycles. The molecule has 2 fully saturated rings. The first-order valence-electron chi connectivity index (χ1n) is 7.72. The number of esters is 2. The molecule has 1 aromatic rings. The summed E-state index contributed by atoms with van der Waals surface area (Å²) < 4.78 is 22.1. The minimum atomic E-state index is -0.511. The molecular weight excluding hydrogens is 302 g/mol. The molecule has 0 aliphatic carbocycles. The van der Waals surface area contributed by atoms with Crippen LogP contribution in [0, 0.1) is 0 Å². The molecule has 0 saturated carbocycles. The maximum atomic E-state index is 12.1. The third-order valence-corrected chi connectivity index (χ3v) is 3.86. The van der Waals surface area contributed by atoms with Crippen LogP contribution in [-0.4, -0.2) is 54.6 Å². The highest BCUT2D eigenvalue weighted by Crippen LogP contribution is 2.31. The van der Waals surface area contributed by atoms with Crippen molar-refractivity contribution >= 4 is 11.9 Å². The largest absolute Gasteiger partial charge is 0.457 e. The molecule has 0 bridgehead atoms. The van der Waals surface area contributed by atoms with E-state index in [1.54, 1.807) is 18.3 Å². The SMILES string of the molecule is CCCC(=O)O[C@H]1CO[C@H]2[C@@H]1OC[C@H]2OC(=O)c1cccnc1. The molecule has 0 amide bonds. The van der Waals surface area contributed by atoms with Crippen LogP contribution < -0.4 is 0 Å². The van der Waals surface area contributed by atoms with Crippen molar-refractivity contribution in [3.05, 3.63) is 30.1 Å². The zero-order valence-corrected chi connectivity index (χ0v) is 12.8. The van der Waals surface area contributed by atoms with Crippen LogP contribution in [0.5, 0.6) is 0 Å². The summed E-state index contributed by atoms with van der Waals surface area (Å²) in [7, 11) is 0. The summed E-state index contributed by atoms with van der Waals surface area (Å²) in [6, 6.07) is 3.30.